The molecule has 0 spiro atoms. The van der Waals surface area contributed by atoms with Gasteiger partial charge in [-0.1, -0.05) is 0 Å². The van der Waals surface area contributed by atoms with Crippen LogP contribution in [-0.4, -0.2) is 25.7 Å². The zero-order chi connectivity index (χ0) is 6.69. The zero-order valence-electron chi connectivity index (χ0n) is 6.28. The first-order valence-corrected chi connectivity index (χ1v) is 3.73. The van der Waals surface area contributed by atoms with E-state index < -0.39 is 0 Å². The van der Waals surface area contributed by atoms with Crippen LogP contribution in [0.1, 0.15) is 19.8 Å². The lowest BCUT2D eigenvalue weighted by Gasteiger charge is -2.26. The molecule has 0 aromatic heterocycles. The second-order valence-electron chi connectivity index (χ2n) is 2.87. The van der Waals surface area contributed by atoms with E-state index in [0.29, 0.717) is 6.04 Å². The Morgan fingerprint density at radius 1 is 1.44 bits per heavy atom. The van der Waals surface area contributed by atoms with Crippen LogP contribution < -0.4 is 10.6 Å². The molecule has 1 aliphatic heterocycles. The van der Waals surface area contributed by atoms with Crippen molar-refractivity contribution in [3.05, 3.63) is 0 Å². The Morgan fingerprint density at radius 2 is 2.22 bits per heavy atom. The van der Waals surface area contributed by atoms with Crippen LogP contribution in [0.25, 0.3) is 0 Å². The average Bonchev–Trinajstić information content (AvgIpc) is 1.90. The molecule has 0 unspecified atom stereocenters. The number of nitrogens with one attached hydrogen (secondary N) is 2. The summed E-state index contributed by atoms with van der Waals surface area (Å²) < 4.78 is 0. The Balaban J connectivity index is 2.18. The minimum absolute atomic E-state index is 0.709. The van der Waals surface area contributed by atoms with Crippen LogP contribution in [0.4, 0.5) is 0 Å². The molecule has 1 heterocycles. The summed E-state index contributed by atoms with van der Waals surface area (Å²) in [5, 5.41) is 6.68. The Hall–Kier alpha value is -0.0800. The Morgan fingerprint density at radius 3 is 2.67 bits per heavy atom. The summed E-state index contributed by atoms with van der Waals surface area (Å²) in [6.07, 6.45) is 2.64. The molecule has 1 rings (SSSR count). The normalized spacial score (nSPS) is 36.7. The van der Waals surface area contributed by atoms with Gasteiger partial charge in [0.25, 0.3) is 0 Å². The second kappa shape index (κ2) is 3.18. The van der Waals surface area contributed by atoms with E-state index in [1.54, 1.807) is 0 Å². The van der Waals surface area contributed by atoms with Crippen LogP contribution in [0.3, 0.4) is 0 Å². The zero-order valence-corrected chi connectivity index (χ0v) is 6.28. The summed E-state index contributed by atoms with van der Waals surface area (Å²) in [6.45, 7) is 3.38. The van der Waals surface area contributed by atoms with Crippen molar-refractivity contribution >= 4 is 0 Å². The van der Waals surface area contributed by atoms with E-state index in [1.165, 1.54) is 12.8 Å². The fourth-order valence-corrected chi connectivity index (χ4v) is 1.25. The van der Waals surface area contributed by atoms with Gasteiger partial charge in [-0.25, -0.2) is 0 Å². The van der Waals surface area contributed by atoms with Crippen LogP contribution in [0.2, 0.25) is 0 Å². The molecule has 54 valence electrons. The molecule has 0 aromatic rings. The average molecular weight is 128 g/mol. The molecule has 2 N–H and O–H groups in total. The van der Waals surface area contributed by atoms with Crippen LogP contribution in [0, 0.1) is 0 Å². The van der Waals surface area contributed by atoms with E-state index in [9.17, 15) is 0 Å². The predicted octanol–water partition coefficient (Wildman–Crippen LogP) is 0.346. The van der Waals surface area contributed by atoms with E-state index in [1.807, 2.05) is 7.05 Å². The molecule has 2 atom stereocenters. The van der Waals surface area contributed by atoms with Crippen LogP contribution >= 0.6 is 0 Å². The van der Waals surface area contributed by atoms with Crippen molar-refractivity contribution in [2.75, 3.05) is 13.6 Å². The van der Waals surface area contributed by atoms with Gasteiger partial charge in [-0.2, -0.15) is 0 Å². The highest BCUT2D eigenvalue weighted by Crippen LogP contribution is 2.05. The lowest BCUT2D eigenvalue weighted by atomic mass is 10.0. The highest BCUT2D eigenvalue weighted by Gasteiger charge is 2.14. The van der Waals surface area contributed by atoms with Gasteiger partial charge in [-0.3, -0.25) is 0 Å². The first-order chi connectivity index (χ1) is 4.33. The SMILES string of the molecule is CN[C@@H]1CC[C@H](C)NC1. The first-order valence-electron chi connectivity index (χ1n) is 3.73. The molecule has 1 saturated heterocycles. The van der Waals surface area contributed by atoms with E-state index in [2.05, 4.69) is 17.6 Å². The predicted molar refractivity (Wildman–Crippen MR) is 39.5 cm³/mol. The van der Waals surface area contributed by atoms with Crippen molar-refractivity contribution in [1.29, 1.82) is 0 Å². The van der Waals surface area contributed by atoms with Crippen molar-refractivity contribution < 1.29 is 0 Å². The number of hydrogen-bond acceptors (Lipinski definition) is 2. The maximum Gasteiger partial charge on any atom is 0.0190 e. The maximum absolute atomic E-state index is 3.42. The van der Waals surface area contributed by atoms with E-state index in [-0.39, 0.29) is 0 Å². The summed E-state index contributed by atoms with van der Waals surface area (Å²) >= 11 is 0. The van der Waals surface area contributed by atoms with Gasteiger partial charge in [-0.15, -0.1) is 0 Å². The molecule has 1 fully saturated rings. The first kappa shape index (κ1) is 7.03. The highest BCUT2D eigenvalue weighted by atomic mass is 15.0. The smallest absolute Gasteiger partial charge is 0.0190 e. The Bertz CT molecular complexity index is 75.0. The van der Waals surface area contributed by atoms with E-state index in [4.69, 9.17) is 0 Å². The highest BCUT2D eigenvalue weighted by molar-refractivity contribution is 4.77. The lowest BCUT2D eigenvalue weighted by molar-refractivity contribution is 0.353. The lowest BCUT2D eigenvalue weighted by Crippen LogP contribution is -2.45. The minimum atomic E-state index is 0.709. The summed E-state index contributed by atoms with van der Waals surface area (Å²) in [5.74, 6) is 0. The Labute approximate surface area is 57.0 Å². The Kier molecular flexibility index (Phi) is 2.49. The van der Waals surface area contributed by atoms with Crippen molar-refractivity contribution in [2.45, 2.75) is 31.8 Å². The molecular formula is C7H16N2. The molecule has 0 aliphatic carbocycles. The van der Waals surface area contributed by atoms with Crippen molar-refractivity contribution in [3.8, 4) is 0 Å². The molecule has 0 saturated carbocycles. The van der Waals surface area contributed by atoms with Gasteiger partial charge in [0.1, 0.15) is 0 Å². The van der Waals surface area contributed by atoms with Crippen LogP contribution in [-0.2, 0) is 0 Å². The molecule has 0 amide bonds. The molecule has 0 radical (unpaired) electrons. The van der Waals surface area contributed by atoms with Gasteiger partial charge in [0.05, 0.1) is 0 Å². The third kappa shape index (κ3) is 1.95. The molecular weight excluding hydrogens is 112 g/mol. The number of likely N-dealkylation sites (N-methyl/N-ethyl adjacent to an activating group) is 1. The summed E-state index contributed by atoms with van der Waals surface area (Å²) in [4.78, 5) is 0. The third-order valence-electron chi connectivity index (χ3n) is 2.07. The fraction of sp³-hybridized carbons (Fsp3) is 1.00. The van der Waals surface area contributed by atoms with Gasteiger partial charge in [0.15, 0.2) is 0 Å². The second-order valence-corrected chi connectivity index (χ2v) is 2.87. The van der Waals surface area contributed by atoms with Crippen LogP contribution in [0.15, 0.2) is 0 Å². The maximum atomic E-state index is 3.42. The number of piperidine rings is 1. The third-order valence-corrected chi connectivity index (χ3v) is 2.07. The van der Waals surface area contributed by atoms with Gasteiger partial charge in [0.2, 0.25) is 0 Å². The summed E-state index contributed by atoms with van der Waals surface area (Å²) in [6, 6.07) is 1.44. The number of hydrogen-bond donors (Lipinski definition) is 2. The summed E-state index contributed by atoms with van der Waals surface area (Å²) in [7, 11) is 2.03. The van der Waals surface area contributed by atoms with E-state index in [0.717, 1.165) is 12.6 Å². The molecule has 2 heteroatoms. The van der Waals surface area contributed by atoms with Crippen LogP contribution in [0.5, 0.6) is 0 Å². The molecule has 2 nitrogen and oxygen atoms in total. The molecule has 0 aromatic carbocycles. The monoisotopic (exact) mass is 128 g/mol. The quantitative estimate of drug-likeness (QED) is 0.532. The van der Waals surface area contributed by atoms with Gasteiger partial charge < -0.3 is 10.6 Å². The van der Waals surface area contributed by atoms with Gasteiger partial charge in [-0.05, 0) is 26.8 Å². The molecule has 1 aliphatic rings. The molecule has 9 heavy (non-hydrogen) atoms. The topological polar surface area (TPSA) is 24.1 Å². The fourth-order valence-electron chi connectivity index (χ4n) is 1.25. The van der Waals surface area contributed by atoms with Gasteiger partial charge in [0, 0.05) is 18.6 Å². The minimum Gasteiger partial charge on any atom is -0.316 e. The largest absolute Gasteiger partial charge is 0.316 e. The number of rotatable bonds is 1. The van der Waals surface area contributed by atoms with Gasteiger partial charge >= 0.3 is 0 Å². The van der Waals surface area contributed by atoms with E-state index >= 15 is 0 Å². The summed E-state index contributed by atoms with van der Waals surface area (Å²) in [5.41, 5.74) is 0. The van der Waals surface area contributed by atoms with Crippen molar-refractivity contribution in [3.63, 3.8) is 0 Å². The van der Waals surface area contributed by atoms with Crippen molar-refractivity contribution in [1.82, 2.24) is 10.6 Å². The molecule has 0 bridgehead atoms. The standard InChI is InChI=1S/C7H16N2/c1-6-3-4-7(8-2)5-9-6/h6-9H,3-5H2,1-2H3/t6-,7+/m0/s1. The van der Waals surface area contributed by atoms with Crippen molar-refractivity contribution in [2.24, 2.45) is 0 Å².